The van der Waals surface area contributed by atoms with E-state index < -0.39 is 13.8 Å². The molecular weight excluding hydrogens is 510 g/mol. The minimum absolute atomic E-state index is 0.120. The SMILES string of the molecule is C[PH+](C)C.C[PH+](C)C.[Cl][Os]([Cl])=[CH]Pc1ccccc1. The van der Waals surface area contributed by atoms with Gasteiger partial charge in [-0.2, -0.15) is 0 Å². The topological polar surface area (TPSA) is 0 Å². The van der Waals surface area contributed by atoms with Gasteiger partial charge >= 0.3 is 81.6 Å². The molecule has 0 nitrogen and oxygen atoms in total. The molecule has 0 saturated heterocycles. The molecule has 0 radical (unpaired) electrons. The van der Waals surface area contributed by atoms with Crippen molar-refractivity contribution < 1.29 is 13.8 Å². The van der Waals surface area contributed by atoms with Gasteiger partial charge in [0.05, 0.1) is 0 Å². The van der Waals surface area contributed by atoms with E-state index in [1.165, 1.54) is 5.30 Å². The molecule has 0 spiro atoms. The third-order valence-electron chi connectivity index (χ3n) is 1.07. The van der Waals surface area contributed by atoms with Crippen LogP contribution < -0.4 is 5.30 Å². The van der Waals surface area contributed by atoms with E-state index in [0.717, 1.165) is 0 Å². The van der Waals surface area contributed by atoms with Crippen molar-refractivity contribution in [1.29, 1.82) is 0 Å². The van der Waals surface area contributed by atoms with Crippen LogP contribution >= 0.6 is 43.7 Å². The van der Waals surface area contributed by atoms with E-state index >= 15 is 0 Å². The second kappa shape index (κ2) is 16.0. The molecule has 0 fully saturated rings. The van der Waals surface area contributed by atoms with Gasteiger partial charge < -0.3 is 0 Å². The summed E-state index contributed by atoms with van der Waals surface area (Å²) in [5.74, 6) is 0. The summed E-state index contributed by atoms with van der Waals surface area (Å²) in [5.41, 5.74) is 0. The Labute approximate surface area is 136 Å². The molecule has 1 unspecified atom stereocenters. The third kappa shape index (κ3) is 28.5. The summed E-state index contributed by atoms with van der Waals surface area (Å²) in [5, 5.41) is 1.31. The molecule has 6 heteroatoms. The Hall–Kier alpha value is 1.60. The molecule has 1 aromatic rings. The number of rotatable bonds is 2. The van der Waals surface area contributed by atoms with Gasteiger partial charge in [-0.15, -0.1) is 0 Å². The van der Waals surface area contributed by atoms with Crippen LogP contribution in [0, 0.1) is 0 Å². The first kappa shape index (κ1) is 22.9. The van der Waals surface area contributed by atoms with E-state index in [1.807, 2.05) is 18.2 Å². The molecule has 1 aromatic carbocycles. The molecule has 0 heterocycles. The van der Waals surface area contributed by atoms with Crippen molar-refractivity contribution in [3.63, 3.8) is 0 Å². The van der Waals surface area contributed by atoms with Crippen molar-refractivity contribution in [2.24, 2.45) is 0 Å². The zero-order valence-corrected chi connectivity index (χ0v) is 19.6. The van der Waals surface area contributed by atoms with Gasteiger partial charge in [-0.25, -0.2) is 0 Å². The monoisotopic (exact) mass is 538 g/mol. The summed E-state index contributed by atoms with van der Waals surface area (Å²) in [6.07, 6.45) is 0. The van der Waals surface area contributed by atoms with Crippen LogP contribution in [0.3, 0.4) is 0 Å². The predicted octanol–water partition coefficient (Wildman–Crippen LogP) is 4.86. The Morgan fingerprint density at radius 2 is 1.26 bits per heavy atom. The van der Waals surface area contributed by atoms with Crippen LogP contribution in [0.1, 0.15) is 0 Å². The van der Waals surface area contributed by atoms with Gasteiger partial charge in [-0.05, 0) is 15.8 Å². The minimum atomic E-state index is -1.82. The first-order chi connectivity index (χ1) is 8.75. The van der Waals surface area contributed by atoms with Gasteiger partial charge in [0.2, 0.25) is 0 Å². The standard InChI is InChI=1S/C7H7P.2C3H9P.2ClH.Os/c1-8-7-5-3-2-4-6-7;2*1-4(2)3;;;/h1-6,8H;2*1-3H3;2*1H;/q;;;;;+2. The Balaban J connectivity index is 0. The molecule has 0 N–H and O–H groups in total. The molecule has 19 heavy (non-hydrogen) atoms. The van der Waals surface area contributed by atoms with E-state index in [1.54, 1.807) is 0 Å². The quantitative estimate of drug-likeness (QED) is 0.474. The van der Waals surface area contributed by atoms with Crippen molar-refractivity contribution in [2.45, 2.75) is 0 Å². The van der Waals surface area contributed by atoms with Crippen LogP contribution in [-0.2, 0) is 13.8 Å². The van der Waals surface area contributed by atoms with Crippen molar-refractivity contribution in [2.75, 3.05) is 40.0 Å². The van der Waals surface area contributed by atoms with Crippen LogP contribution in [-0.4, -0.2) is 44.3 Å². The maximum absolute atomic E-state index is 5.72. The normalized spacial score (nSPS) is 10.7. The number of hydrogen-bond donors (Lipinski definition) is 0. The van der Waals surface area contributed by atoms with Crippen LogP contribution in [0.4, 0.5) is 0 Å². The summed E-state index contributed by atoms with van der Waals surface area (Å²) in [6, 6.07) is 10.2. The third-order valence-corrected chi connectivity index (χ3v) is 8.54. The summed E-state index contributed by atoms with van der Waals surface area (Å²) in [6.45, 7) is 13.6. The van der Waals surface area contributed by atoms with Gasteiger partial charge in [0.1, 0.15) is 0 Å². The molecule has 0 aliphatic carbocycles. The molecule has 0 aromatic heterocycles. The number of hydrogen-bond acceptors (Lipinski definition) is 0. The van der Waals surface area contributed by atoms with E-state index in [4.69, 9.17) is 19.3 Å². The second-order valence-corrected chi connectivity index (χ2v) is 21.4. The summed E-state index contributed by atoms with van der Waals surface area (Å²) in [7, 11) is 12.4. The summed E-state index contributed by atoms with van der Waals surface area (Å²) < 4.78 is 2.06. The van der Waals surface area contributed by atoms with E-state index in [-0.39, 0.29) is 15.8 Å². The van der Waals surface area contributed by atoms with Gasteiger partial charge in [0.15, 0.2) is 0 Å². The first-order valence-electron chi connectivity index (χ1n) is 5.92. The predicted molar refractivity (Wildman–Crippen MR) is 104 cm³/mol. The van der Waals surface area contributed by atoms with Crippen LogP contribution in [0.15, 0.2) is 30.3 Å². The molecule has 1 rings (SSSR count). The molecule has 0 aliphatic heterocycles. The molecule has 0 bridgehead atoms. The van der Waals surface area contributed by atoms with Gasteiger partial charge in [0.25, 0.3) is 0 Å². The Kier molecular flexibility index (Phi) is 19.2. The molecule has 114 valence electrons. The van der Waals surface area contributed by atoms with Gasteiger partial charge in [-0.1, -0.05) is 0 Å². The number of benzene rings is 1. The fourth-order valence-electron chi connectivity index (χ4n) is 0.632. The Morgan fingerprint density at radius 1 is 0.895 bits per heavy atom. The maximum atomic E-state index is 5.72. The average molecular weight is 537 g/mol. The summed E-state index contributed by atoms with van der Waals surface area (Å²) >= 11 is -1.82. The molecular formula is C13H27Cl2OsP3+2. The Bertz CT molecular complexity index is 314. The van der Waals surface area contributed by atoms with Crippen molar-refractivity contribution >= 4 is 53.3 Å². The fourth-order valence-corrected chi connectivity index (χ4v) is 5.21. The van der Waals surface area contributed by atoms with Crippen LogP contribution in [0.5, 0.6) is 0 Å². The van der Waals surface area contributed by atoms with Crippen molar-refractivity contribution in [1.82, 2.24) is 0 Å². The fraction of sp³-hybridized carbons (Fsp3) is 0.462. The van der Waals surface area contributed by atoms with Gasteiger partial charge in [0, 0.05) is 40.0 Å². The van der Waals surface area contributed by atoms with E-state index in [2.05, 4.69) is 56.4 Å². The zero-order chi connectivity index (χ0) is 15.3. The van der Waals surface area contributed by atoms with Crippen LogP contribution in [0.25, 0.3) is 0 Å². The van der Waals surface area contributed by atoms with Crippen molar-refractivity contribution in [3.8, 4) is 0 Å². The van der Waals surface area contributed by atoms with Gasteiger partial charge in [-0.3, -0.25) is 0 Å². The molecule has 1 atom stereocenters. The molecule has 0 amide bonds. The second-order valence-electron chi connectivity index (χ2n) is 4.82. The van der Waals surface area contributed by atoms with E-state index in [9.17, 15) is 0 Å². The van der Waals surface area contributed by atoms with Crippen LogP contribution in [0.2, 0.25) is 0 Å². The average Bonchev–Trinajstić information content (AvgIpc) is 2.26. The summed E-state index contributed by atoms with van der Waals surface area (Å²) in [4.78, 5) is 0. The molecule has 0 aliphatic rings. The zero-order valence-electron chi connectivity index (χ0n) is 12.6. The first-order valence-corrected chi connectivity index (χ1v) is 20.8. The Morgan fingerprint density at radius 3 is 1.58 bits per heavy atom. The number of halogens is 2. The van der Waals surface area contributed by atoms with E-state index in [0.29, 0.717) is 8.58 Å². The molecule has 0 saturated carbocycles. The van der Waals surface area contributed by atoms with Crippen molar-refractivity contribution in [3.05, 3.63) is 30.3 Å².